The Balaban J connectivity index is 3.64. The number of aliphatic hydroxyl groups is 1. The first-order valence-electron chi connectivity index (χ1n) is 3.83. The summed E-state index contributed by atoms with van der Waals surface area (Å²) < 4.78 is 0. The van der Waals surface area contributed by atoms with Gasteiger partial charge in [0.05, 0.1) is 0 Å². The smallest absolute Gasteiger partial charge is 0.193 e. The van der Waals surface area contributed by atoms with Gasteiger partial charge in [-0.2, -0.15) is 0 Å². The van der Waals surface area contributed by atoms with Crippen LogP contribution in [0, 0.1) is 0 Å². The van der Waals surface area contributed by atoms with Crippen LogP contribution >= 0.6 is 0 Å². The van der Waals surface area contributed by atoms with Gasteiger partial charge in [-0.25, -0.2) is 0 Å². The van der Waals surface area contributed by atoms with Crippen molar-refractivity contribution in [3.63, 3.8) is 0 Å². The molecule has 58 valence electrons. The Morgan fingerprint density at radius 2 is 2.10 bits per heavy atom. The van der Waals surface area contributed by atoms with Crippen LogP contribution in [0.15, 0.2) is 0 Å². The summed E-state index contributed by atoms with van der Waals surface area (Å²) in [6.45, 7) is 6.47. The standard InChI is InChI=1S/C6H17B2NO/c1-5(8-9)7-6(2,3)4-10/h5,7-8,10H,4,9H2,1-3H3. The largest absolute Gasteiger partial charge is 0.397 e. The quantitative estimate of drug-likeness (QED) is 0.527. The van der Waals surface area contributed by atoms with Crippen LogP contribution < -0.4 is 5.64 Å². The second kappa shape index (κ2) is 4.04. The first kappa shape index (κ1) is 10.0. The lowest BCUT2D eigenvalue weighted by molar-refractivity contribution is 0.255. The van der Waals surface area contributed by atoms with Gasteiger partial charge in [-0.1, -0.05) is 26.5 Å². The highest BCUT2D eigenvalue weighted by atomic mass is 16.3. The van der Waals surface area contributed by atoms with Gasteiger partial charge in [0.15, 0.2) is 7.41 Å². The van der Waals surface area contributed by atoms with Crippen molar-refractivity contribution >= 4 is 14.7 Å². The van der Waals surface area contributed by atoms with E-state index in [9.17, 15) is 0 Å². The molecule has 0 spiro atoms. The van der Waals surface area contributed by atoms with Gasteiger partial charge in [0.2, 0.25) is 0 Å². The Bertz CT molecular complexity index is 97.7. The zero-order valence-corrected chi connectivity index (χ0v) is 7.22. The first-order chi connectivity index (χ1) is 4.52. The van der Waals surface area contributed by atoms with Crippen LogP contribution in [-0.4, -0.2) is 26.4 Å². The lowest BCUT2D eigenvalue weighted by atomic mass is 9.40. The van der Waals surface area contributed by atoms with Crippen molar-refractivity contribution in [2.75, 3.05) is 6.61 Å². The maximum absolute atomic E-state index is 8.90. The minimum Gasteiger partial charge on any atom is -0.397 e. The van der Waals surface area contributed by atoms with E-state index < -0.39 is 0 Å². The molecule has 0 aliphatic carbocycles. The topological polar surface area (TPSA) is 46.2 Å². The van der Waals surface area contributed by atoms with Crippen molar-refractivity contribution in [1.82, 2.24) is 0 Å². The third-order valence-electron chi connectivity index (χ3n) is 1.73. The molecule has 4 heteroatoms. The Morgan fingerprint density at radius 3 is 2.40 bits per heavy atom. The summed E-state index contributed by atoms with van der Waals surface area (Å²) in [5.74, 6) is 0. The highest BCUT2D eigenvalue weighted by Gasteiger charge is 2.21. The molecule has 10 heavy (non-hydrogen) atoms. The fraction of sp³-hybridized carbons (Fsp3) is 1.00. The number of nitrogens with two attached hydrogens (primary N) is 1. The second-order valence-electron chi connectivity index (χ2n) is 3.87. The van der Waals surface area contributed by atoms with E-state index in [4.69, 9.17) is 10.8 Å². The lowest BCUT2D eigenvalue weighted by Gasteiger charge is -2.22. The Morgan fingerprint density at radius 1 is 1.60 bits per heavy atom. The maximum atomic E-state index is 8.90. The monoisotopic (exact) mass is 141 g/mol. The number of hydrogen-bond donors (Lipinski definition) is 2. The molecule has 2 nitrogen and oxygen atoms in total. The van der Waals surface area contributed by atoms with Crippen LogP contribution in [0.4, 0.5) is 0 Å². The van der Waals surface area contributed by atoms with E-state index in [1.165, 1.54) is 0 Å². The van der Waals surface area contributed by atoms with Crippen molar-refractivity contribution in [3.05, 3.63) is 0 Å². The molecule has 0 fully saturated rings. The normalized spacial score (nSPS) is 14.5. The molecule has 0 aromatic rings. The summed E-state index contributed by atoms with van der Waals surface area (Å²) in [6, 6.07) is 0. The average Bonchev–Trinajstić information content (AvgIpc) is 1.87. The Labute approximate surface area is 64.7 Å². The minimum absolute atomic E-state index is 0.0405. The summed E-state index contributed by atoms with van der Waals surface area (Å²) >= 11 is 0. The van der Waals surface area contributed by atoms with E-state index in [0.717, 1.165) is 7.28 Å². The molecule has 0 saturated carbocycles. The summed E-state index contributed by atoms with van der Waals surface area (Å²) in [5, 5.41) is 8.94. The summed E-state index contributed by atoms with van der Waals surface area (Å²) in [4.78, 5) is 0. The molecule has 0 aromatic carbocycles. The van der Waals surface area contributed by atoms with E-state index in [-0.39, 0.29) is 11.9 Å². The molecule has 0 bridgehead atoms. The molecule has 0 rings (SSSR count). The third kappa shape index (κ3) is 3.96. The van der Waals surface area contributed by atoms with Crippen LogP contribution in [0.25, 0.3) is 0 Å². The van der Waals surface area contributed by atoms with Crippen molar-refractivity contribution in [2.45, 2.75) is 31.8 Å². The zero-order chi connectivity index (χ0) is 8.20. The minimum atomic E-state index is 0.0405. The molecule has 0 aliphatic heterocycles. The summed E-state index contributed by atoms with van der Waals surface area (Å²) in [6.07, 6.45) is 0. The molecular formula is C6H17B2NO. The van der Waals surface area contributed by atoms with Crippen LogP contribution in [0.5, 0.6) is 0 Å². The highest BCUT2D eigenvalue weighted by Crippen LogP contribution is 2.24. The molecule has 0 radical (unpaired) electrons. The number of aliphatic hydroxyl groups excluding tert-OH is 1. The van der Waals surface area contributed by atoms with Crippen molar-refractivity contribution in [2.24, 2.45) is 5.64 Å². The number of hydrogen-bond acceptors (Lipinski definition) is 2. The van der Waals surface area contributed by atoms with Gasteiger partial charge in [0.25, 0.3) is 0 Å². The predicted molar refractivity (Wildman–Crippen MR) is 49.0 cm³/mol. The van der Waals surface area contributed by atoms with Crippen LogP contribution in [0.3, 0.4) is 0 Å². The van der Waals surface area contributed by atoms with Crippen molar-refractivity contribution in [1.29, 1.82) is 0 Å². The molecule has 0 aromatic heterocycles. The molecule has 0 saturated heterocycles. The summed E-state index contributed by atoms with van der Waals surface area (Å²) in [7, 11) is 1.71. The van der Waals surface area contributed by atoms with Crippen molar-refractivity contribution < 1.29 is 5.11 Å². The highest BCUT2D eigenvalue weighted by molar-refractivity contribution is 6.58. The SMILES string of the molecule is CC(BN)BC(C)(C)CO. The Kier molecular flexibility index (Phi) is 4.06. The zero-order valence-electron chi connectivity index (χ0n) is 7.22. The predicted octanol–water partition coefficient (Wildman–Crippen LogP) is -0.310. The maximum Gasteiger partial charge on any atom is 0.193 e. The van der Waals surface area contributed by atoms with Crippen LogP contribution in [0.1, 0.15) is 20.8 Å². The van der Waals surface area contributed by atoms with Gasteiger partial charge >= 0.3 is 0 Å². The van der Waals surface area contributed by atoms with Gasteiger partial charge in [0, 0.05) is 6.61 Å². The summed E-state index contributed by atoms with van der Waals surface area (Å²) in [5.41, 5.74) is 5.97. The fourth-order valence-electron chi connectivity index (χ4n) is 1.09. The van der Waals surface area contributed by atoms with E-state index in [1.807, 2.05) is 0 Å². The van der Waals surface area contributed by atoms with Gasteiger partial charge in [-0.15, -0.1) is 0 Å². The Hall–Kier alpha value is 0.0499. The van der Waals surface area contributed by atoms with E-state index >= 15 is 0 Å². The average molecular weight is 141 g/mol. The molecule has 0 aliphatic rings. The molecule has 1 atom stereocenters. The molecule has 0 heterocycles. The first-order valence-corrected chi connectivity index (χ1v) is 3.83. The molecule has 1 unspecified atom stereocenters. The van der Waals surface area contributed by atoms with E-state index in [0.29, 0.717) is 13.1 Å². The molecule has 0 amide bonds. The van der Waals surface area contributed by atoms with E-state index in [1.54, 1.807) is 0 Å². The van der Waals surface area contributed by atoms with Crippen molar-refractivity contribution in [3.8, 4) is 0 Å². The molecular weight excluding hydrogens is 124 g/mol. The van der Waals surface area contributed by atoms with Gasteiger partial charge in [-0.05, 0) is 5.31 Å². The fourth-order valence-corrected chi connectivity index (χ4v) is 1.09. The third-order valence-corrected chi connectivity index (χ3v) is 1.73. The molecule has 3 N–H and O–H groups in total. The van der Waals surface area contributed by atoms with Crippen LogP contribution in [-0.2, 0) is 0 Å². The second-order valence-corrected chi connectivity index (χ2v) is 3.87. The van der Waals surface area contributed by atoms with Crippen LogP contribution in [0.2, 0.25) is 11.0 Å². The lowest BCUT2D eigenvalue weighted by Crippen LogP contribution is -2.26. The van der Waals surface area contributed by atoms with Gasteiger partial charge in [0.1, 0.15) is 7.28 Å². The van der Waals surface area contributed by atoms with Gasteiger partial charge < -0.3 is 10.8 Å². The van der Waals surface area contributed by atoms with E-state index in [2.05, 4.69) is 20.8 Å². The number of rotatable bonds is 4. The van der Waals surface area contributed by atoms with Gasteiger partial charge in [-0.3, -0.25) is 0 Å².